The summed E-state index contributed by atoms with van der Waals surface area (Å²) in [5.74, 6) is 0. The molecular weight excluding hydrogens is 257 g/mol. The molecule has 5 heteroatoms. The molecule has 3 rings (SSSR count). The fraction of sp³-hybridized carbons (Fsp3) is 0. The van der Waals surface area contributed by atoms with Crippen molar-refractivity contribution in [2.24, 2.45) is 0 Å². The van der Waals surface area contributed by atoms with E-state index in [1.54, 1.807) is 6.07 Å². The van der Waals surface area contributed by atoms with Gasteiger partial charge < -0.3 is 15.0 Å². The highest BCUT2D eigenvalue weighted by Gasteiger charge is 2.12. The van der Waals surface area contributed by atoms with Gasteiger partial charge in [0.2, 0.25) is 0 Å². The van der Waals surface area contributed by atoms with Gasteiger partial charge in [-0.1, -0.05) is 36.4 Å². The van der Waals surface area contributed by atoms with Crippen LogP contribution in [0.4, 0.5) is 0 Å². The minimum absolute atomic E-state index is 0.427. The number of hydrogen-bond acceptors (Lipinski definition) is 3. The van der Waals surface area contributed by atoms with Gasteiger partial charge in [-0.2, -0.15) is 0 Å². The third-order valence-corrected chi connectivity index (χ3v) is 2.88. The summed E-state index contributed by atoms with van der Waals surface area (Å²) in [5.41, 5.74) is 1.34. The minimum Gasteiger partial charge on any atom is -0.422 e. The van der Waals surface area contributed by atoms with Gasteiger partial charge in [0.05, 0.1) is 0 Å². The van der Waals surface area contributed by atoms with Crippen LogP contribution in [0.2, 0.25) is 0 Å². The predicted molar refractivity (Wildman–Crippen MR) is 81.8 cm³/mol. The standard InChI is InChI=1S/C8H8BNO2.C6H6S/c11-9(12)8-5-6-3-1-2-4-7(6)10-8;7-6-4-2-1-3-5-6/h1-5,10-12H;1-5,7H. The number of nitrogens with one attached hydrogen (secondary N) is 1. The SMILES string of the molecule is OB(O)c1cc2ccccc2[nH]1.Sc1ccccc1. The Hall–Kier alpha value is -1.69. The van der Waals surface area contributed by atoms with Crippen molar-refractivity contribution in [1.82, 2.24) is 4.98 Å². The van der Waals surface area contributed by atoms with E-state index in [0.717, 1.165) is 15.8 Å². The van der Waals surface area contributed by atoms with Crippen molar-refractivity contribution < 1.29 is 10.0 Å². The Morgan fingerprint density at radius 3 is 2.05 bits per heavy atom. The van der Waals surface area contributed by atoms with Gasteiger partial charge in [0.25, 0.3) is 0 Å². The lowest BCUT2D eigenvalue weighted by Crippen LogP contribution is -2.30. The Balaban J connectivity index is 0.000000163. The monoisotopic (exact) mass is 271 g/mol. The lowest BCUT2D eigenvalue weighted by atomic mass is 9.87. The first-order valence-electron chi connectivity index (χ1n) is 5.84. The van der Waals surface area contributed by atoms with E-state index in [9.17, 15) is 0 Å². The van der Waals surface area contributed by atoms with Crippen LogP contribution < -0.4 is 5.59 Å². The average molecular weight is 271 g/mol. The third kappa shape index (κ3) is 3.89. The minimum atomic E-state index is -1.42. The molecule has 3 nitrogen and oxygen atoms in total. The fourth-order valence-electron chi connectivity index (χ4n) is 1.66. The van der Waals surface area contributed by atoms with E-state index >= 15 is 0 Å². The molecule has 3 N–H and O–H groups in total. The number of fused-ring (bicyclic) bond motifs is 1. The molecule has 0 saturated carbocycles. The molecule has 19 heavy (non-hydrogen) atoms. The molecule has 1 aromatic heterocycles. The molecule has 2 aromatic carbocycles. The maximum absolute atomic E-state index is 8.85. The van der Waals surface area contributed by atoms with Gasteiger partial charge in [-0.25, -0.2) is 0 Å². The number of hydrogen-bond donors (Lipinski definition) is 4. The molecule has 0 spiro atoms. The van der Waals surface area contributed by atoms with Crippen molar-refractivity contribution >= 4 is 36.2 Å². The first kappa shape index (κ1) is 13.7. The van der Waals surface area contributed by atoms with Crippen LogP contribution in [0.3, 0.4) is 0 Å². The van der Waals surface area contributed by atoms with Crippen LogP contribution in [0, 0.1) is 0 Å². The molecular formula is C14H14BNO2S. The number of thiol groups is 1. The van der Waals surface area contributed by atoms with E-state index < -0.39 is 7.12 Å². The van der Waals surface area contributed by atoms with Gasteiger partial charge in [0.15, 0.2) is 0 Å². The van der Waals surface area contributed by atoms with Gasteiger partial charge in [-0.15, -0.1) is 12.6 Å². The van der Waals surface area contributed by atoms with Crippen molar-refractivity contribution in [3.8, 4) is 0 Å². The topological polar surface area (TPSA) is 56.2 Å². The largest absolute Gasteiger partial charge is 0.505 e. The molecule has 0 aliphatic carbocycles. The van der Waals surface area contributed by atoms with Crippen molar-refractivity contribution in [3.63, 3.8) is 0 Å². The summed E-state index contributed by atoms with van der Waals surface area (Å²) < 4.78 is 0. The van der Waals surface area contributed by atoms with E-state index in [0.29, 0.717) is 5.59 Å². The van der Waals surface area contributed by atoms with Crippen molar-refractivity contribution in [1.29, 1.82) is 0 Å². The smallest absolute Gasteiger partial charge is 0.422 e. The molecule has 0 fully saturated rings. The van der Waals surface area contributed by atoms with Gasteiger partial charge >= 0.3 is 7.12 Å². The summed E-state index contributed by atoms with van der Waals surface area (Å²) in [4.78, 5) is 3.91. The van der Waals surface area contributed by atoms with E-state index in [-0.39, 0.29) is 0 Å². The number of para-hydroxylation sites is 1. The van der Waals surface area contributed by atoms with E-state index in [1.165, 1.54) is 0 Å². The van der Waals surface area contributed by atoms with Gasteiger partial charge in [0, 0.05) is 16.0 Å². The molecule has 0 aliphatic rings. The molecule has 0 radical (unpaired) electrons. The van der Waals surface area contributed by atoms with Crippen LogP contribution in [0.15, 0.2) is 65.6 Å². The molecule has 0 amide bonds. The number of benzene rings is 2. The van der Waals surface area contributed by atoms with Crippen molar-refractivity contribution in [2.45, 2.75) is 4.90 Å². The number of aromatic nitrogens is 1. The fourth-order valence-corrected chi connectivity index (χ4v) is 1.84. The predicted octanol–water partition coefficient (Wildman–Crippen LogP) is 1.82. The van der Waals surface area contributed by atoms with Crippen LogP contribution in [-0.2, 0) is 0 Å². The lowest BCUT2D eigenvalue weighted by Gasteiger charge is -1.89. The summed E-state index contributed by atoms with van der Waals surface area (Å²) in [7, 11) is -1.42. The molecule has 0 atom stereocenters. The molecule has 3 aromatic rings. The third-order valence-electron chi connectivity index (χ3n) is 2.59. The summed E-state index contributed by atoms with van der Waals surface area (Å²) in [6.07, 6.45) is 0. The van der Waals surface area contributed by atoms with E-state index in [1.807, 2.05) is 54.6 Å². The van der Waals surface area contributed by atoms with Crippen LogP contribution in [0.5, 0.6) is 0 Å². The maximum Gasteiger partial charge on any atom is 0.505 e. The second-order valence-corrected chi connectivity index (χ2v) is 4.54. The van der Waals surface area contributed by atoms with Crippen molar-refractivity contribution in [3.05, 3.63) is 60.7 Å². The van der Waals surface area contributed by atoms with Gasteiger partial charge in [-0.05, 0) is 29.7 Å². The summed E-state index contributed by atoms with van der Waals surface area (Å²) in [6.45, 7) is 0. The molecule has 0 bridgehead atoms. The second kappa shape index (κ2) is 6.47. The molecule has 0 unspecified atom stereocenters. The second-order valence-electron chi connectivity index (χ2n) is 4.02. The highest BCUT2D eigenvalue weighted by atomic mass is 32.1. The molecule has 0 aliphatic heterocycles. The normalized spacial score (nSPS) is 9.84. The Kier molecular flexibility index (Phi) is 4.68. The van der Waals surface area contributed by atoms with Crippen molar-refractivity contribution in [2.75, 3.05) is 0 Å². The Morgan fingerprint density at radius 2 is 1.53 bits per heavy atom. The number of H-pyrrole nitrogens is 1. The van der Waals surface area contributed by atoms with Crippen LogP contribution in [0.25, 0.3) is 10.9 Å². The Labute approximate surface area is 117 Å². The molecule has 1 heterocycles. The Bertz CT molecular complexity index is 607. The maximum atomic E-state index is 8.85. The quantitative estimate of drug-likeness (QED) is 0.403. The van der Waals surface area contributed by atoms with Crippen LogP contribution in [-0.4, -0.2) is 22.2 Å². The zero-order chi connectivity index (χ0) is 13.7. The van der Waals surface area contributed by atoms with Gasteiger partial charge in [0.1, 0.15) is 0 Å². The zero-order valence-corrected chi connectivity index (χ0v) is 11.1. The molecule has 96 valence electrons. The summed E-state index contributed by atoms with van der Waals surface area (Å²) >= 11 is 4.08. The highest BCUT2D eigenvalue weighted by molar-refractivity contribution is 7.80. The number of aromatic amines is 1. The lowest BCUT2D eigenvalue weighted by molar-refractivity contribution is 0.424. The van der Waals surface area contributed by atoms with Crippen LogP contribution >= 0.6 is 12.6 Å². The first-order valence-corrected chi connectivity index (χ1v) is 6.29. The summed E-state index contributed by atoms with van der Waals surface area (Å²) in [5, 5.41) is 18.7. The highest BCUT2D eigenvalue weighted by Crippen LogP contribution is 2.08. The van der Waals surface area contributed by atoms with E-state index in [4.69, 9.17) is 10.0 Å². The van der Waals surface area contributed by atoms with E-state index in [2.05, 4.69) is 17.6 Å². The number of rotatable bonds is 1. The summed E-state index contributed by atoms with van der Waals surface area (Å²) in [6, 6.07) is 19.1. The first-order chi connectivity index (χ1) is 9.16. The molecule has 0 saturated heterocycles. The Morgan fingerprint density at radius 1 is 0.895 bits per heavy atom. The average Bonchev–Trinajstić information content (AvgIpc) is 2.84. The van der Waals surface area contributed by atoms with Gasteiger partial charge in [-0.3, -0.25) is 0 Å². The van der Waals surface area contributed by atoms with Crippen LogP contribution in [0.1, 0.15) is 0 Å². The zero-order valence-electron chi connectivity index (χ0n) is 10.2.